The van der Waals surface area contributed by atoms with Gasteiger partial charge in [-0.05, 0) is 70.2 Å². The summed E-state index contributed by atoms with van der Waals surface area (Å²) in [6.45, 7) is 8.39. The lowest BCUT2D eigenvalue weighted by Crippen LogP contribution is -2.37. The molecule has 2 saturated heterocycles. The Morgan fingerprint density at radius 1 is 1.06 bits per heavy atom. The molecule has 166 valence electrons. The highest BCUT2D eigenvalue weighted by Crippen LogP contribution is 2.27. The summed E-state index contributed by atoms with van der Waals surface area (Å²) in [7, 11) is 0. The summed E-state index contributed by atoms with van der Waals surface area (Å²) in [5, 5.41) is 0. The van der Waals surface area contributed by atoms with Gasteiger partial charge in [0.05, 0.1) is 6.42 Å². The second-order valence-electron chi connectivity index (χ2n) is 9.05. The van der Waals surface area contributed by atoms with Crippen molar-refractivity contribution in [2.45, 2.75) is 64.8 Å². The minimum atomic E-state index is -0.185. The standard InChI is InChI=1S/C25H33FN4O/c1-18-23(15-24(31)30-12-4-3-5-13-30)19(2)28-25(27-18)21-9-7-11-29(17-21)16-20-8-6-10-22(26)14-20/h6,8,10,14,21H,3-5,7,9,11-13,15-17H2,1-2H3/t21-/m1/s1. The molecule has 0 spiro atoms. The average molecular weight is 425 g/mol. The lowest BCUT2D eigenvalue weighted by Gasteiger charge is -2.32. The van der Waals surface area contributed by atoms with Crippen LogP contribution >= 0.6 is 0 Å². The Kier molecular flexibility index (Phi) is 6.96. The number of carbonyl (C=O) groups is 1. The van der Waals surface area contributed by atoms with Gasteiger partial charge >= 0.3 is 0 Å². The van der Waals surface area contributed by atoms with Crippen LogP contribution in [0.4, 0.5) is 4.39 Å². The number of rotatable bonds is 5. The van der Waals surface area contributed by atoms with E-state index in [4.69, 9.17) is 9.97 Å². The molecule has 0 unspecified atom stereocenters. The molecule has 1 aromatic heterocycles. The molecule has 4 rings (SSSR count). The summed E-state index contributed by atoms with van der Waals surface area (Å²) in [6, 6.07) is 6.85. The fourth-order valence-corrected chi connectivity index (χ4v) is 4.91. The first-order valence-corrected chi connectivity index (χ1v) is 11.6. The number of hydrogen-bond donors (Lipinski definition) is 0. The Bertz CT molecular complexity index is 902. The Balaban J connectivity index is 1.43. The molecule has 2 aliphatic rings. The van der Waals surface area contributed by atoms with E-state index in [-0.39, 0.29) is 17.6 Å². The van der Waals surface area contributed by atoms with Gasteiger partial charge in [0.2, 0.25) is 5.91 Å². The smallest absolute Gasteiger partial charge is 0.227 e. The topological polar surface area (TPSA) is 49.3 Å². The van der Waals surface area contributed by atoms with Gasteiger partial charge in [-0.1, -0.05) is 12.1 Å². The van der Waals surface area contributed by atoms with E-state index in [2.05, 4.69) is 4.90 Å². The van der Waals surface area contributed by atoms with Gasteiger partial charge < -0.3 is 4.90 Å². The number of halogens is 1. The maximum absolute atomic E-state index is 13.5. The second kappa shape index (κ2) is 9.86. The van der Waals surface area contributed by atoms with Crippen molar-refractivity contribution in [1.29, 1.82) is 0 Å². The monoisotopic (exact) mass is 424 g/mol. The molecule has 0 N–H and O–H groups in total. The summed E-state index contributed by atoms with van der Waals surface area (Å²) < 4.78 is 13.5. The van der Waals surface area contributed by atoms with E-state index in [1.165, 1.54) is 12.5 Å². The molecule has 0 radical (unpaired) electrons. The molecule has 0 bridgehead atoms. The maximum Gasteiger partial charge on any atom is 0.227 e. The fourth-order valence-electron chi connectivity index (χ4n) is 4.91. The minimum Gasteiger partial charge on any atom is -0.342 e. The molecule has 5 nitrogen and oxygen atoms in total. The molecule has 1 atom stereocenters. The summed E-state index contributed by atoms with van der Waals surface area (Å²) in [5.41, 5.74) is 3.83. The summed E-state index contributed by atoms with van der Waals surface area (Å²) in [5.74, 6) is 1.16. The van der Waals surface area contributed by atoms with E-state index >= 15 is 0 Å². The average Bonchev–Trinajstić information content (AvgIpc) is 2.77. The first-order valence-electron chi connectivity index (χ1n) is 11.6. The number of aryl methyl sites for hydroxylation is 2. The first kappa shape index (κ1) is 21.9. The van der Waals surface area contributed by atoms with E-state index in [0.717, 1.165) is 86.7 Å². The van der Waals surface area contributed by atoms with Gasteiger partial charge in [-0.15, -0.1) is 0 Å². The van der Waals surface area contributed by atoms with Crippen LogP contribution in [0.15, 0.2) is 24.3 Å². The van der Waals surface area contributed by atoms with Crippen LogP contribution in [0.1, 0.15) is 66.4 Å². The highest BCUT2D eigenvalue weighted by Gasteiger charge is 2.26. The summed E-state index contributed by atoms with van der Waals surface area (Å²) >= 11 is 0. The maximum atomic E-state index is 13.5. The Morgan fingerprint density at radius 3 is 2.52 bits per heavy atom. The zero-order valence-electron chi connectivity index (χ0n) is 18.7. The molecular weight excluding hydrogens is 391 g/mol. The van der Waals surface area contributed by atoms with E-state index in [9.17, 15) is 9.18 Å². The van der Waals surface area contributed by atoms with Crippen molar-refractivity contribution in [3.63, 3.8) is 0 Å². The highest BCUT2D eigenvalue weighted by molar-refractivity contribution is 5.79. The molecule has 0 aliphatic carbocycles. The van der Waals surface area contributed by atoms with Crippen LogP contribution in [0.3, 0.4) is 0 Å². The third-order valence-corrected chi connectivity index (χ3v) is 6.64. The molecule has 3 heterocycles. The first-order chi connectivity index (χ1) is 15.0. The van der Waals surface area contributed by atoms with Gasteiger partial charge in [-0.2, -0.15) is 0 Å². The number of likely N-dealkylation sites (tertiary alicyclic amines) is 2. The molecule has 1 amide bonds. The third kappa shape index (κ3) is 5.48. The minimum absolute atomic E-state index is 0.185. The van der Waals surface area contributed by atoms with Crippen molar-refractivity contribution >= 4 is 5.91 Å². The number of piperidine rings is 2. The van der Waals surface area contributed by atoms with Crippen molar-refractivity contribution in [2.75, 3.05) is 26.2 Å². The van der Waals surface area contributed by atoms with Crippen molar-refractivity contribution in [1.82, 2.24) is 19.8 Å². The SMILES string of the molecule is Cc1nc([C@@H]2CCCN(Cc3cccc(F)c3)C2)nc(C)c1CC(=O)N1CCCCC1. The zero-order chi connectivity index (χ0) is 21.8. The van der Waals surface area contributed by atoms with E-state index in [0.29, 0.717) is 6.42 Å². The van der Waals surface area contributed by atoms with Crippen LogP contribution < -0.4 is 0 Å². The summed E-state index contributed by atoms with van der Waals surface area (Å²) in [6.07, 6.45) is 5.96. The predicted octanol–water partition coefficient (Wildman–Crippen LogP) is 4.17. The Hall–Kier alpha value is -2.34. The van der Waals surface area contributed by atoms with Gasteiger partial charge in [-0.3, -0.25) is 9.69 Å². The van der Waals surface area contributed by atoms with Crippen molar-refractivity contribution in [2.24, 2.45) is 0 Å². The Labute approximate surface area is 184 Å². The Morgan fingerprint density at radius 2 is 1.81 bits per heavy atom. The predicted molar refractivity (Wildman–Crippen MR) is 119 cm³/mol. The molecule has 6 heteroatoms. The highest BCUT2D eigenvalue weighted by atomic mass is 19.1. The second-order valence-corrected chi connectivity index (χ2v) is 9.05. The number of carbonyl (C=O) groups excluding carboxylic acids is 1. The van der Waals surface area contributed by atoms with E-state index in [1.807, 2.05) is 24.8 Å². The van der Waals surface area contributed by atoms with Crippen molar-refractivity contribution in [3.05, 3.63) is 58.4 Å². The van der Waals surface area contributed by atoms with Gasteiger partial charge in [0.1, 0.15) is 11.6 Å². The normalized spacial score (nSPS) is 20.1. The molecular formula is C25H33FN4O. The number of benzene rings is 1. The number of aromatic nitrogens is 2. The van der Waals surface area contributed by atoms with Crippen LogP contribution in [0.25, 0.3) is 0 Å². The van der Waals surface area contributed by atoms with Crippen LogP contribution in [0.2, 0.25) is 0 Å². The van der Waals surface area contributed by atoms with Gasteiger partial charge in [0.25, 0.3) is 0 Å². The molecule has 31 heavy (non-hydrogen) atoms. The van der Waals surface area contributed by atoms with Crippen molar-refractivity contribution < 1.29 is 9.18 Å². The molecule has 2 aliphatic heterocycles. The lowest BCUT2D eigenvalue weighted by atomic mass is 9.95. The van der Waals surface area contributed by atoms with Crippen LogP contribution in [0.5, 0.6) is 0 Å². The van der Waals surface area contributed by atoms with Crippen LogP contribution in [-0.2, 0) is 17.8 Å². The molecule has 2 aromatic rings. The zero-order valence-corrected chi connectivity index (χ0v) is 18.7. The summed E-state index contributed by atoms with van der Waals surface area (Å²) in [4.78, 5) is 26.8. The van der Waals surface area contributed by atoms with E-state index < -0.39 is 0 Å². The third-order valence-electron chi connectivity index (χ3n) is 6.64. The van der Waals surface area contributed by atoms with E-state index in [1.54, 1.807) is 12.1 Å². The molecule has 1 aromatic carbocycles. The molecule has 0 saturated carbocycles. The van der Waals surface area contributed by atoms with Gasteiger partial charge in [-0.25, -0.2) is 14.4 Å². The van der Waals surface area contributed by atoms with Crippen LogP contribution in [-0.4, -0.2) is 51.9 Å². The number of amides is 1. The van der Waals surface area contributed by atoms with Crippen LogP contribution in [0, 0.1) is 19.7 Å². The fraction of sp³-hybridized carbons (Fsp3) is 0.560. The largest absolute Gasteiger partial charge is 0.342 e. The van der Waals surface area contributed by atoms with Crippen molar-refractivity contribution in [3.8, 4) is 0 Å². The lowest BCUT2D eigenvalue weighted by molar-refractivity contribution is -0.131. The number of nitrogens with zero attached hydrogens (tertiary/aromatic N) is 4. The number of hydrogen-bond acceptors (Lipinski definition) is 4. The quantitative estimate of drug-likeness (QED) is 0.723. The van der Waals surface area contributed by atoms with Gasteiger partial charge in [0.15, 0.2) is 0 Å². The van der Waals surface area contributed by atoms with Gasteiger partial charge in [0, 0.05) is 49.0 Å². The molecule has 2 fully saturated rings.